The maximum atomic E-state index is 12.9. The van der Waals surface area contributed by atoms with Crippen LogP contribution < -0.4 is 10.1 Å². The van der Waals surface area contributed by atoms with Gasteiger partial charge in [0.05, 0.1) is 30.3 Å². The number of rotatable bonds is 5. The number of amides is 1. The van der Waals surface area contributed by atoms with E-state index in [-0.39, 0.29) is 17.7 Å². The van der Waals surface area contributed by atoms with Gasteiger partial charge in [-0.3, -0.25) is 9.78 Å². The van der Waals surface area contributed by atoms with Gasteiger partial charge in [0.2, 0.25) is 5.91 Å². The maximum absolute atomic E-state index is 12.9. The fourth-order valence-corrected chi connectivity index (χ4v) is 2.46. The first-order valence-corrected chi connectivity index (χ1v) is 7.60. The summed E-state index contributed by atoms with van der Waals surface area (Å²) < 4.78 is 43.7. The molecule has 1 heterocycles. The topological polar surface area (TPSA) is 51.2 Å². The highest BCUT2D eigenvalue weighted by Gasteiger charge is 2.31. The molecular weight excluding hydrogens is 333 g/mol. The van der Waals surface area contributed by atoms with Crippen LogP contribution in [0, 0.1) is 0 Å². The lowest BCUT2D eigenvalue weighted by atomic mass is 9.98. The quantitative estimate of drug-likeness (QED) is 0.893. The molecule has 0 aliphatic rings. The lowest BCUT2D eigenvalue weighted by Crippen LogP contribution is -2.42. The molecule has 0 saturated heterocycles. The van der Waals surface area contributed by atoms with Crippen molar-refractivity contribution in [3.63, 3.8) is 0 Å². The molecule has 0 aliphatic heterocycles. The third-order valence-electron chi connectivity index (χ3n) is 3.72. The summed E-state index contributed by atoms with van der Waals surface area (Å²) in [5.41, 5.74) is -0.751. The van der Waals surface area contributed by atoms with Crippen LogP contribution in [0.1, 0.15) is 30.7 Å². The van der Waals surface area contributed by atoms with Gasteiger partial charge in [-0.05, 0) is 44.2 Å². The Morgan fingerprint density at radius 2 is 1.92 bits per heavy atom. The van der Waals surface area contributed by atoms with Crippen molar-refractivity contribution in [3.8, 4) is 5.75 Å². The molecule has 134 valence electrons. The second-order valence-electron chi connectivity index (χ2n) is 6.09. The van der Waals surface area contributed by atoms with Crippen molar-refractivity contribution in [2.45, 2.75) is 32.0 Å². The van der Waals surface area contributed by atoms with Crippen molar-refractivity contribution in [3.05, 3.63) is 59.4 Å². The molecule has 1 aromatic heterocycles. The molecule has 25 heavy (non-hydrogen) atoms. The summed E-state index contributed by atoms with van der Waals surface area (Å²) in [7, 11) is 1.35. The van der Waals surface area contributed by atoms with Gasteiger partial charge in [0.1, 0.15) is 5.75 Å². The normalized spacial score (nSPS) is 11.9. The predicted octanol–water partition coefficient (Wildman–Crippen LogP) is 3.70. The van der Waals surface area contributed by atoms with Crippen molar-refractivity contribution in [1.82, 2.24) is 10.3 Å². The summed E-state index contributed by atoms with van der Waals surface area (Å²) in [6.45, 7) is 3.55. The fourth-order valence-electron chi connectivity index (χ4n) is 2.46. The molecule has 0 saturated carbocycles. The number of carbonyl (C=O) groups is 1. The number of nitrogens with one attached hydrogen (secondary N) is 1. The number of benzene rings is 1. The molecule has 7 heteroatoms. The molecule has 1 aromatic carbocycles. The van der Waals surface area contributed by atoms with Crippen LogP contribution in [-0.2, 0) is 22.9 Å². The van der Waals surface area contributed by atoms with Gasteiger partial charge < -0.3 is 10.1 Å². The monoisotopic (exact) mass is 352 g/mol. The number of hydrogen-bond acceptors (Lipinski definition) is 3. The number of aromatic nitrogens is 1. The lowest BCUT2D eigenvalue weighted by Gasteiger charge is -2.26. The number of ether oxygens (including phenoxy) is 1. The van der Waals surface area contributed by atoms with Crippen LogP contribution in [0.25, 0.3) is 0 Å². The molecular formula is C18H19F3N2O2. The highest BCUT2D eigenvalue weighted by atomic mass is 19.4. The van der Waals surface area contributed by atoms with Gasteiger partial charge >= 0.3 is 6.18 Å². The Morgan fingerprint density at radius 3 is 2.48 bits per heavy atom. The summed E-state index contributed by atoms with van der Waals surface area (Å²) in [5, 5.41) is 2.79. The van der Waals surface area contributed by atoms with Crippen molar-refractivity contribution in [2.75, 3.05) is 7.11 Å². The van der Waals surface area contributed by atoms with Crippen LogP contribution in [0.3, 0.4) is 0 Å². The zero-order chi connectivity index (χ0) is 18.7. The fraction of sp³-hybridized carbons (Fsp3) is 0.333. The summed E-state index contributed by atoms with van der Waals surface area (Å²) in [5.74, 6) is -0.188. The number of hydrogen-bond donors (Lipinski definition) is 1. The number of pyridine rings is 1. The summed E-state index contributed by atoms with van der Waals surface area (Å²) in [4.78, 5) is 16.6. The van der Waals surface area contributed by atoms with E-state index in [1.165, 1.54) is 13.2 Å². The molecule has 1 N–H and O–H groups in total. The Morgan fingerprint density at radius 1 is 1.20 bits per heavy atom. The van der Waals surface area contributed by atoms with Gasteiger partial charge in [-0.2, -0.15) is 13.2 Å². The minimum atomic E-state index is -4.48. The highest BCUT2D eigenvalue weighted by Crippen LogP contribution is 2.32. The van der Waals surface area contributed by atoms with Crippen molar-refractivity contribution < 1.29 is 22.7 Å². The molecule has 0 aliphatic carbocycles. The number of nitrogens with zero attached hydrogens (tertiary/aromatic N) is 1. The first-order chi connectivity index (χ1) is 11.6. The zero-order valence-electron chi connectivity index (χ0n) is 14.1. The van der Waals surface area contributed by atoms with E-state index in [2.05, 4.69) is 10.3 Å². The van der Waals surface area contributed by atoms with Crippen molar-refractivity contribution in [1.29, 1.82) is 0 Å². The number of halogens is 3. The minimum Gasteiger partial charge on any atom is -0.496 e. The first kappa shape index (κ1) is 18.8. The SMILES string of the molecule is COc1ccc(C(F)(F)F)cc1CC(=O)NC(C)(C)c1ccccn1. The van der Waals surface area contributed by atoms with Crippen LogP contribution in [0.15, 0.2) is 42.6 Å². The lowest BCUT2D eigenvalue weighted by molar-refractivity contribution is -0.137. The Labute approximate surface area is 144 Å². The van der Waals surface area contributed by atoms with Gasteiger partial charge in [-0.1, -0.05) is 6.07 Å². The second-order valence-corrected chi connectivity index (χ2v) is 6.09. The van der Waals surface area contributed by atoms with Crippen molar-refractivity contribution in [2.24, 2.45) is 0 Å². The van der Waals surface area contributed by atoms with Gasteiger partial charge in [-0.15, -0.1) is 0 Å². The minimum absolute atomic E-state index is 0.173. The van der Waals surface area contributed by atoms with E-state index < -0.39 is 23.2 Å². The van der Waals surface area contributed by atoms with E-state index in [1.54, 1.807) is 38.2 Å². The zero-order valence-corrected chi connectivity index (χ0v) is 14.1. The van der Waals surface area contributed by atoms with Gasteiger partial charge in [0, 0.05) is 11.8 Å². The van der Waals surface area contributed by atoms with Gasteiger partial charge in [-0.25, -0.2) is 0 Å². The highest BCUT2D eigenvalue weighted by molar-refractivity contribution is 5.80. The largest absolute Gasteiger partial charge is 0.496 e. The summed E-state index contributed by atoms with van der Waals surface area (Å²) >= 11 is 0. The molecule has 0 fully saturated rings. The molecule has 2 rings (SSSR count). The average molecular weight is 352 g/mol. The molecule has 0 atom stereocenters. The van der Waals surface area contributed by atoms with E-state index in [9.17, 15) is 18.0 Å². The van der Waals surface area contributed by atoms with E-state index in [1.807, 2.05) is 0 Å². The molecule has 0 bridgehead atoms. The Bertz CT molecular complexity index is 744. The number of methoxy groups -OCH3 is 1. The Kier molecular flexibility index (Phi) is 5.35. The Hall–Kier alpha value is -2.57. The molecule has 1 amide bonds. The van der Waals surface area contributed by atoms with E-state index >= 15 is 0 Å². The van der Waals surface area contributed by atoms with Crippen LogP contribution >= 0.6 is 0 Å². The van der Waals surface area contributed by atoms with Crippen LogP contribution in [0.2, 0.25) is 0 Å². The van der Waals surface area contributed by atoms with Crippen LogP contribution in [0.4, 0.5) is 13.2 Å². The third kappa shape index (κ3) is 4.71. The standard InChI is InChI=1S/C18H19F3N2O2/c1-17(2,15-6-4-5-9-22-15)23-16(24)11-12-10-13(18(19,20)21)7-8-14(12)25-3/h4-10H,11H2,1-3H3,(H,23,24). The first-order valence-electron chi connectivity index (χ1n) is 7.60. The second kappa shape index (κ2) is 7.13. The third-order valence-corrected chi connectivity index (χ3v) is 3.72. The van der Waals surface area contributed by atoms with Gasteiger partial charge in [0.25, 0.3) is 0 Å². The molecule has 2 aromatic rings. The van der Waals surface area contributed by atoms with E-state index in [0.717, 1.165) is 12.1 Å². The van der Waals surface area contributed by atoms with Crippen LogP contribution in [0.5, 0.6) is 5.75 Å². The smallest absolute Gasteiger partial charge is 0.416 e. The van der Waals surface area contributed by atoms with E-state index in [0.29, 0.717) is 5.69 Å². The molecule has 0 unspecified atom stereocenters. The number of carbonyl (C=O) groups excluding carboxylic acids is 1. The predicted molar refractivity (Wildman–Crippen MR) is 87.1 cm³/mol. The average Bonchev–Trinajstić information content (AvgIpc) is 2.54. The van der Waals surface area contributed by atoms with E-state index in [4.69, 9.17) is 4.74 Å². The Balaban J connectivity index is 2.20. The van der Waals surface area contributed by atoms with Gasteiger partial charge in [0.15, 0.2) is 0 Å². The summed E-state index contributed by atoms with van der Waals surface area (Å²) in [6, 6.07) is 8.41. The summed E-state index contributed by atoms with van der Waals surface area (Å²) in [6.07, 6.45) is -3.10. The van der Waals surface area contributed by atoms with Crippen LogP contribution in [-0.4, -0.2) is 18.0 Å². The maximum Gasteiger partial charge on any atom is 0.416 e. The molecule has 0 radical (unpaired) electrons. The number of alkyl halides is 3. The van der Waals surface area contributed by atoms with Crippen molar-refractivity contribution >= 4 is 5.91 Å². The molecule has 4 nitrogen and oxygen atoms in total. The molecule has 0 spiro atoms.